The number of hydrogen-bond acceptors (Lipinski definition) is 4. The minimum Gasteiger partial charge on any atom is -0.462 e. The smallest absolute Gasteiger partial charge is 0.322 e. The summed E-state index contributed by atoms with van der Waals surface area (Å²) in [5.74, 6) is -0.316. The SMILES string of the molecule is CCCC[C@H](N)C(=O)OCCOCCC. The molecule has 4 nitrogen and oxygen atoms in total. The average Bonchev–Trinajstić information content (AvgIpc) is 2.25. The summed E-state index contributed by atoms with van der Waals surface area (Å²) in [5.41, 5.74) is 5.63. The first-order valence-electron chi connectivity index (χ1n) is 5.72. The van der Waals surface area contributed by atoms with E-state index in [1.54, 1.807) is 0 Å². The molecule has 15 heavy (non-hydrogen) atoms. The van der Waals surface area contributed by atoms with Crippen LogP contribution in [0.15, 0.2) is 0 Å². The van der Waals surface area contributed by atoms with Gasteiger partial charge in [0.05, 0.1) is 6.61 Å². The number of unbranched alkanes of at least 4 members (excludes halogenated alkanes) is 1. The van der Waals surface area contributed by atoms with Crippen molar-refractivity contribution in [2.45, 2.75) is 45.6 Å². The lowest BCUT2D eigenvalue weighted by Crippen LogP contribution is -2.32. The van der Waals surface area contributed by atoms with E-state index in [9.17, 15) is 4.79 Å². The van der Waals surface area contributed by atoms with Crippen molar-refractivity contribution in [3.63, 3.8) is 0 Å². The first-order chi connectivity index (χ1) is 7.22. The lowest BCUT2D eigenvalue weighted by Gasteiger charge is -2.10. The molecular formula is C11H23NO3. The monoisotopic (exact) mass is 217 g/mol. The van der Waals surface area contributed by atoms with Crippen LogP contribution in [-0.2, 0) is 14.3 Å². The van der Waals surface area contributed by atoms with Crippen LogP contribution in [0.2, 0.25) is 0 Å². The second-order valence-corrected chi connectivity index (χ2v) is 3.53. The Bertz CT molecular complexity index is 162. The Labute approximate surface area is 92.1 Å². The molecule has 0 aromatic carbocycles. The molecule has 0 radical (unpaired) electrons. The van der Waals surface area contributed by atoms with E-state index in [1.165, 1.54) is 0 Å². The molecule has 0 bridgehead atoms. The van der Waals surface area contributed by atoms with Crippen LogP contribution in [0.1, 0.15) is 39.5 Å². The van der Waals surface area contributed by atoms with E-state index < -0.39 is 6.04 Å². The van der Waals surface area contributed by atoms with Crippen LogP contribution < -0.4 is 5.73 Å². The zero-order valence-electron chi connectivity index (χ0n) is 9.83. The fourth-order valence-electron chi connectivity index (χ4n) is 1.10. The molecule has 0 saturated carbocycles. The van der Waals surface area contributed by atoms with Crippen molar-refractivity contribution in [3.8, 4) is 0 Å². The predicted molar refractivity (Wildman–Crippen MR) is 59.6 cm³/mol. The predicted octanol–water partition coefficient (Wildman–Crippen LogP) is 1.47. The zero-order chi connectivity index (χ0) is 11.5. The van der Waals surface area contributed by atoms with Crippen LogP contribution in [0.4, 0.5) is 0 Å². The van der Waals surface area contributed by atoms with Crippen LogP contribution >= 0.6 is 0 Å². The Morgan fingerprint density at radius 1 is 1.20 bits per heavy atom. The second kappa shape index (κ2) is 9.93. The van der Waals surface area contributed by atoms with Gasteiger partial charge in [0.15, 0.2) is 0 Å². The second-order valence-electron chi connectivity index (χ2n) is 3.53. The quantitative estimate of drug-likeness (QED) is 0.469. The minimum atomic E-state index is -0.476. The van der Waals surface area contributed by atoms with E-state index in [4.69, 9.17) is 15.2 Å². The molecule has 1 atom stereocenters. The molecule has 0 rings (SSSR count). The number of carbonyl (C=O) groups is 1. The van der Waals surface area contributed by atoms with E-state index >= 15 is 0 Å². The number of nitrogens with two attached hydrogens (primary N) is 1. The molecule has 2 N–H and O–H groups in total. The molecule has 0 amide bonds. The van der Waals surface area contributed by atoms with Gasteiger partial charge in [0.2, 0.25) is 0 Å². The highest BCUT2D eigenvalue weighted by molar-refractivity contribution is 5.75. The van der Waals surface area contributed by atoms with E-state index in [2.05, 4.69) is 6.92 Å². The molecule has 0 heterocycles. The Hall–Kier alpha value is -0.610. The van der Waals surface area contributed by atoms with Crippen LogP contribution in [-0.4, -0.2) is 31.8 Å². The maximum Gasteiger partial charge on any atom is 0.322 e. The number of esters is 1. The van der Waals surface area contributed by atoms with Crippen molar-refractivity contribution in [3.05, 3.63) is 0 Å². The Kier molecular flexibility index (Phi) is 9.52. The standard InChI is InChI=1S/C11H23NO3/c1-3-5-6-10(12)11(13)15-9-8-14-7-4-2/h10H,3-9,12H2,1-2H3/t10-/m0/s1. The lowest BCUT2D eigenvalue weighted by molar-refractivity contribution is -0.146. The normalized spacial score (nSPS) is 12.5. The Morgan fingerprint density at radius 3 is 2.53 bits per heavy atom. The highest BCUT2D eigenvalue weighted by atomic mass is 16.6. The number of ether oxygens (including phenoxy) is 2. The summed E-state index contributed by atoms with van der Waals surface area (Å²) >= 11 is 0. The first kappa shape index (κ1) is 14.4. The van der Waals surface area contributed by atoms with Gasteiger partial charge in [-0.1, -0.05) is 26.7 Å². The summed E-state index contributed by atoms with van der Waals surface area (Å²) in [6.45, 7) is 5.57. The highest BCUT2D eigenvalue weighted by Gasteiger charge is 2.13. The molecule has 0 unspecified atom stereocenters. The lowest BCUT2D eigenvalue weighted by atomic mass is 10.1. The Balaban J connectivity index is 3.38. The third-order valence-electron chi connectivity index (χ3n) is 1.99. The van der Waals surface area contributed by atoms with Gasteiger partial charge in [-0.05, 0) is 12.8 Å². The van der Waals surface area contributed by atoms with Crippen molar-refractivity contribution in [1.82, 2.24) is 0 Å². The van der Waals surface area contributed by atoms with Crippen LogP contribution in [0.5, 0.6) is 0 Å². The molecule has 4 heteroatoms. The van der Waals surface area contributed by atoms with E-state index in [1.807, 2.05) is 6.92 Å². The molecule has 0 aromatic heterocycles. The van der Waals surface area contributed by atoms with Gasteiger partial charge < -0.3 is 15.2 Å². The number of hydrogen-bond donors (Lipinski definition) is 1. The summed E-state index contributed by atoms with van der Waals surface area (Å²) < 4.78 is 10.1. The van der Waals surface area contributed by atoms with Gasteiger partial charge in [-0.25, -0.2) is 0 Å². The molecule has 0 spiro atoms. The fraction of sp³-hybridized carbons (Fsp3) is 0.909. The van der Waals surface area contributed by atoms with E-state index in [0.29, 0.717) is 26.2 Å². The van der Waals surface area contributed by atoms with Gasteiger partial charge in [-0.3, -0.25) is 4.79 Å². The van der Waals surface area contributed by atoms with Crippen molar-refractivity contribution in [2.24, 2.45) is 5.73 Å². The molecule has 0 saturated heterocycles. The van der Waals surface area contributed by atoms with Crippen molar-refractivity contribution < 1.29 is 14.3 Å². The van der Waals surface area contributed by atoms with Gasteiger partial charge in [0.1, 0.15) is 12.6 Å². The maximum absolute atomic E-state index is 11.3. The third-order valence-corrected chi connectivity index (χ3v) is 1.99. The first-order valence-corrected chi connectivity index (χ1v) is 5.72. The molecule has 0 aliphatic carbocycles. The van der Waals surface area contributed by atoms with Gasteiger partial charge in [-0.15, -0.1) is 0 Å². The van der Waals surface area contributed by atoms with Gasteiger partial charge >= 0.3 is 5.97 Å². The molecule has 0 fully saturated rings. The minimum absolute atomic E-state index is 0.304. The van der Waals surface area contributed by atoms with Crippen LogP contribution in [0, 0.1) is 0 Å². The summed E-state index contributed by atoms with van der Waals surface area (Å²) in [5, 5.41) is 0. The van der Waals surface area contributed by atoms with Crippen molar-refractivity contribution >= 4 is 5.97 Å². The number of rotatable bonds is 9. The van der Waals surface area contributed by atoms with Gasteiger partial charge in [0, 0.05) is 6.61 Å². The largest absolute Gasteiger partial charge is 0.462 e. The molecule has 0 aliphatic rings. The van der Waals surface area contributed by atoms with Gasteiger partial charge in [0.25, 0.3) is 0 Å². The average molecular weight is 217 g/mol. The summed E-state index contributed by atoms with van der Waals surface area (Å²) in [4.78, 5) is 11.3. The fourth-order valence-corrected chi connectivity index (χ4v) is 1.10. The van der Waals surface area contributed by atoms with Crippen LogP contribution in [0.3, 0.4) is 0 Å². The van der Waals surface area contributed by atoms with Crippen LogP contribution in [0.25, 0.3) is 0 Å². The van der Waals surface area contributed by atoms with E-state index in [-0.39, 0.29) is 5.97 Å². The van der Waals surface area contributed by atoms with Crippen molar-refractivity contribution in [2.75, 3.05) is 19.8 Å². The molecule has 0 aromatic rings. The maximum atomic E-state index is 11.3. The molecule has 90 valence electrons. The third kappa shape index (κ3) is 8.39. The Morgan fingerprint density at radius 2 is 1.93 bits per heavy atom. The summed E-state index contributed by atoms with van der Waals surface area (Å²) in [7, 11) is 0. The van der Waals surface area contributed by atoms with Gasteiger partial charge in [-0.2, -0.15) is 0 Å². The zero-order valence-corrected chi connectivity index (χ0v) is 9.83. The topological polar surface area (TPSA) is 61.6 Å². The van der Waals surface area contributed by atoms with Crippen molar-refractivity contribution in [1.29, 1.82) is 0 Å². The summed E-state index contributed by atoms with van der Waals surface area (Å²) in [6, 6.07) is -0.476. The number of carbonyl (C=O) groups excluding carboxylic acids is 1. The molecular weight excluding hydrogens is 194 g/mol. The highest BCUT2D eigenvalue weighted by Crippen LogP contribution is 1.99. The molecule has 0 aliphatic heterocycles. The summed E-state index contributed by atoms with van der Waals surface area (Å²) in [6.07, 6.45) is 3.68. The van der Waals surface area contributed by atoms with E-state index in [0.717, 1.165) is 19.3 Å².